The molecular weight excluding hydrogens is 184 g/mol. The van der Waals surface area contributed by atoms with Crippen LogP contribution in [0.5, 0.6) is 0 Å². The van der Waals surface area contributed by atoms with Gasteiger partial charge in [0.15, 0.2) is 0 Å². The highest BCUT2D eigenvalue weighted by Crippen LogP contribution is 2.29. The van der Waals surface area contributed by atoms with Gasteiger partial charge in [-0.1, -0.05) is 26.0 Å². The van der Waals surface area contributed by atoms with Gasteiger partial charge in [0.25, 0.3) is 0 Å². The molecule has 15 heavy (non-hydrogen) atoms. The predicted molar refractivity (Wildman–Crippen MR) is 68.3 cm³/mol. The molecule has 0 aliphatic carbocycles. The summed E-state index contributed by atoms with van der Waals surface area (Å²) >= 11 is 0. The number of hydrogen-bond donors (Lipinski definition) is 1. The minimum Gasteiger partial charge on any atom is -0.397 e. The molecule has 2 nitrogen and oxygen atoms in total. The molecule has 1 atom stereocenters. The third-order valence-corrected chi connectivity index (χ3v) is 3.20. The average molecular weight is 206 g/mol. The molecule has 0 spiro atoms. The fourth-order valence-corrected chi connectivity index (χ4v) is 1.81. The SMILES string of the molecule is Cc1cccc(N)c1N(C)C(C)C(C)C. The normalized spacial score (nSPS) is 12.9. The smallest absolute Gasteiger partial charge is 0.0629 e. The number of rotatable bonds is 3. The summed E-state index contributed by atoms with van der Waals surface area (Å²) in [5.74, 6) is 0.619. The zero-order valence-corrected chi connectivity index (χ0v) is 10.4. The number of aryl methyl sites for hydroxylation is 1. The van der Waals surface area contributed by atoms with Gasteiger partial charge in [-0.3, -0.25) is 0 Å². The van der Waals surface area contributed by atoms with Crippen molar-refractivity contribution in [3.8, 4) is 0 Å². The van der Waals surface area contributed by atoms with E-state index in [-0.39, 0.29) is 0 Å². The van der Waals surface area contributed by atoms with E-state index in [4.69, 9.17) is 5.73 Å². The van der Waals surface area contributed by atoms with Gasteiger partial charge in [-0.15, -0.1) is 0 Å². The van der Waals surface area contributed by atoms with E-state index in [0.29, 0.717) is 12.0 Å². The second-order valence-electron chi connectivity index (χ2n) is 4.61. The molecule has 0 heterocycles. The summed E-state index contributed by atoms with van der Waals surface area (Å²) in [7, 11) is 2.11. The van der Waals surface area contributed by atoms with Crippen LogP contribution in [0, 0.1) is 12.8 Å². The molecule has 0 saturated heterocycles. The molecule has 0 aliphatic rings. The zero-order valence-electron chi connectivity index (χ0n) is 10.4. The first-order valence-corrected chi connectivity index (χ1v) is 5.53. The van der Waals surface area contributed by atoms with Gasteiger partial charge < -0.3 is 10.6 Å². The van der Waals surface area contributed by atoms with Gasteiger partial charge >= 0.3 is 0 Å². The van der Waals surface area contributed by atoms with Crippen LogP contribution in [-0.2, 0) is 0 Å². The monoisotopic (exact) mass is 206 g/mol. The van der Waals surface area contributed by atoms with Crippen LogP contribution in [0.4, 0.5) is 11.4 Å². The number of nitrogens with two attached hydrogens (primary N) is 1. The van der Waals surface area contributed by atoms with Crippen molar-refractivity contribution in [2.75, 3.05) is 17.7 Å². The van der Waals surface area contributed by atoms with E-state index in [1.165, 1.54) is 11.3 Å². The van der Waals surface area contributed by atoms with Crippen LogP contribution < -0.4 is 10.6 Å². The van der Waals surface area contributed by atoms with Crippen molar-refractivity contribution in [2.24, 2.45) is 5.92 Å². The summed E-state index contributed by atoms with van der Waals surface area (Å²) in [6, 6.07) is 6.57. The molecule has 1 unspecified atom stereocenters. The Morgan fingerprint density at radius 1 is 1.20 bits per heavy atom. The lowest BCUT2D eigenvalue weighted by molar-refractivity contribution is 0.505. The standard InChI is InChI=1S/C13H22N2/c1-9(2)11(4)15(5)13-10(3)7-6-8-12(13)14/h6-9,11H,14H2,1-5H3. The Morgan fingerprint density at radius 3 is 2.27 bits per heavy atom. The molecule has 2 heteroatoms. The van der Waals surface area contributed by atoms with Crippen LogP contribution in [0.1, 0.15) is 26.3 Å². The molecule has 1 aromatic carbocycles. The topological polar surface area (TPSA) is 29.3 Å². The molecule has 0 aromatic heterocycles. The molecule has 0 fully saturated rings. The maximum absolute atomic E-state index is 6.02. The van der Waals surface area contributed by atoms with Crippen LogP contribution in [0.25, 0.3) is 0 Å². The fraction of sp³-hybridized carbons (Fsp3) is 0.538. The van der Waals surface area contributed by atoms with Crippen LogP contribution in [0.2, 0.25) is 0 Å². The summed E-state index contributed by atoms with van der Waals surface area (Å²) in [6.07, 6.45) is 0. The van der Waals surface area contributed by atoms with E-state index in [1.54, 1.807) is 0 Å². The van der Waals surface area contributed by atoms with Gasteiger partial charge in [-0.05, 0) is 31.4 Å². The summed E-state index contributed by atoms with van der Waals surface area (Å²) in [4.78, 5) is 2.27. The fourth-order valence-electron chi connectivity index (χ4n) is 1.81. The summed E-state index contributed by atoms with van der Waals surface area (Å²) in [5, 5.41) is 0. The number of nitrogens with zero attached hydrogens (tertiary/aromatic N) is 1. The molecular formula is C13H22N2. The molecule has 0 aliphatic heterocycles. The minimum atomic E-state index is 0.494. The van der Waals surface area contributed by atoms with Gasteiger partial charge in [0.05, 0.1) is 11.4 Å². The maximum atomic E-state index is 6.02. The Labute approximate surface area is 93.1 Å². The third kappa shape index (κ3) is 2.44. The summed E-state index contributed by atoms with van der Waals surface area (Å²) < 4.78 is 0. The van der Waals surface area contributed by atoms with E-state index in [0.717, 1.165) is 5.69 Å². The maximum Gasteiger partial charge on any atom is 0.0629 e. The molecule has 1 rings (SSSR count). The number of para-hydroxylation sites is 1. The first-order chi connectivity index (χ1) is 6.95. The van der Waals surface area contributed by atoms with Gasteiger partial charge in [-0.2, -0.15) is 0 Å². The van der Waals surface area contributed by atoms with Crippen LogP contribution in [0.3, 0.4) is 0 Å². The molecule has 0 bridgehead atoms. The Hall–Kier alpha value is -1.18. The lowest BCUT2D eigenvalue weighted by Gasteiger charge is -2.32. The van der Waals surface area contributed by atoms with Gasteiger partial charge in [0.1, 0.15) is 0 Å². The van der Waals surface area contributed by atoms with E-state index < -0.39 is 0 Å². The molecule has 0 saturated carbocycles. The zero-order chi connectivity index (χ0) is 11.6. The molecule has 0 amide bonds. The summed E-state index contributed by atoms with van der Waals surface area (Å²) in [6.45, 7) is 8.80. The second kappa shape index (κ2) is 4.56. The Balaban J connectivity index is 3.05. The largest absolute Gasteiger partial charge is 0.397 e. The van der Waals surface area contributed by atoms with Crippen molar-refractivity contribution in [2.45, 2.75) is 33.7 Å². The van der Waals surface area contributed by atoms with Crippen molar-refractivity contribution in [3.05, 3.63) is 23.8 Å². The minimum absolute atomic E-state index is 0.494. The predicted octanol–water partition coefficient (Wildman–Crippen LogP) is 3.06. The van der Waals surface area contributed by atoms with Crippen molar-refractivity contribution in [3.63, 3.8) is 0 Å². The average Bonchev–Trinajstić information content (AvgIpc) is 2.15. The van der Waals surface area contributed by atoms with Gasteiger partial charge in [-0.25, -0.2) is 0 Å². The Kier molecular flexibility index (Phi) is 3.61. The molecule has 84 valence electrons. The lowest BCUT2D eigenvalue weighted by atomic mass is 10.0. The van der Waals surface area contributed by atoms with E-state index in [9.17, 15) is 0 Å². The van der Waals surface area contributed by atoms with Crippen molar-refractivity contribution in [1.29, 1.82) is 0 Å². The van der Waals surface area contributed by atoms with E-state index in [2.05, 4.69) is 45.7 Å². The molecule has 2 N–H and O–H groups in total. The number of nitrogen functional groups attached to an aromatic ring is 1. The van der Waals surface area contributed by atoms with Crippen LogP contribution in [-0.4, -0.2) is 13.1 Å². The highest BCUT2D eigenvalue weighted by molar-refractivity contribution is 5.71. The molecule has 0 radical (unpaired) electrons. The molecule has 1 aromatic rings. The van der Waals surface area contributed by atoms with Crippen LogP contribution >= 0.6 is 0 Å². The summed E-state index contributed by atoms with van der Waals surface area (Å²) in [5.41, 5.74) is 9.29. The third-order valence-electron chi connectivity index (χ3n) is 3.20. The van der Waals surface area contributed by atoms with E-state index in [1.807, 2.05) is 12.1 Å². The van der Waals surface area contributed by atoms with Crippen molar-refractivity contribution >= 4 is 11.4 Å². The number of hydrogen-bond acceptors (Lipinski definition) is 2. The van der Waals surface area contributed by atoms with Crippen molar-refractivity contribution < 1.29 is 0 Å². The highest BCUT2D eigenvalue weighted by Gasteiger charge is 2.16. The number of benzene rings is 1. The first-order valence-electron chi connectivity index (χ1n) is 5.53. The Bertz CT molecular complexity index is 311. The first kappa shape index (κ1) is 11.9. The van der Waals surface area contributed by atoms with Gasteiger partial charge in [0, 0.05) is 13.1 Å². The van der Waals surface area contributed by atoms with Gasteiger partial charge in [0.2, 0.25) is 0 Å². The highest BCUT2D eigenvalue weighted by atomic mass is 15.1. The van der Waals surface area contributed by atoms with E-state index >= 15 is 0 Å². The van der Waals surface area contributed by atoms with Crippen LogP contribution in [0.15, 0.2) is 18.2 Å². The lowest BCUT2D eigenvalue weighted by Crippen LogP contribution is -2.34. The second-order valence-corrected chi connectivity index (χ2v) is 4.61. The van der Waals surface area contributed by atoms with Crippen molar-refractivity contribution in [1.82, 2.24) is 0 Å². The number of anilines is 2. The quantitative estimate of drug-likeness (QED) is 0.770. The Morgan fingerprint density at radius 2 is 1.80 bits per heavy atom.